The molecule has 1 aromatic carbocycles. The number of carboxylic acids is 2. The first-order valence-corrected chi connectivity index (χ1v) is 12.3. The van der Waals surface area contributed by atoms with E-state index < -0.39 is 60.2 Å². The minimum atomic E-state index is -1.50. The smallest absolute Gasteiger partial charge is 0.326 e. The normalized spacial score (nSPS) is 14.0. The van der Waals surface area contributed by atoms with Gasteiger partial charge in [0.05, 0.1) is 6.04 Å². The quantitative estimate of drug-likeness (QED) is 0.0837. The summed E-state index contributed by atoms with van der Waals surface area (Å²) >= 11 is 3.98. The van der Waals surface area contributed by atoms with E-state index in [1.54, 1.807) is 0 Å². The van der Waals surface area contributed by atoms with Gasteiger partial charge in [0.1, 0.15) is 23.9 Å². The number of hydrogen-bond donors (Lipinski definition) is 9. The summed E-state index contributed by atoms with van der Waals surface area (Å²) in [5.74, 6) is -4.81. The second-order valence-electron chi connectivity index (χ2n) is 8.40. The zero-order chi connectivity index (χ0) is 28.0. The Hall–Kier alpha value is -3.36. The van der Waals surface area contributed by atoms with Gasteiger partial charge in [0.15, 0.2) is 0 Å². The van der Waals surface area contributed by atoms with E-state index in [-0.39, 0.29) is 30.8 Å². The Morgan fingerprint density at radius 2 is 1.41 bits per heavy atom. The number of aromatic hydroxyl groups is 1. The maximum Gasteiger partial charge on any atom is 0.326 e. The number of amides is 3. The summed E-state index contributed by atoms with van der Waals surface area (Å²) < 4.78 is 0. The van der Waals surface area contributed by atoms with Crippen molar-refractivity contribution in [2.45, 2.75) is 62.7 Å². The van der Waals surface area contributed by atoms with Crippen molar-refractivity contribution >= 4 is 42.3 Å². The lowest BCUT2D eigenvalue weighted by molar-refractivity contribution is -0.143. The first-order chi connectivity index (χ1) is 17.5. The maximum absolute atomic E-state index is 13.1. The standard InChI is InChI=1S/C23H35N5O8S/c24-10-2-1-3-16(26-20(32)15(25)12-37)21(33)28-18(11-13-4-6-14(29)7-5-13)22(34)27-17(23(35)36)8-9-19(30)31/h4-7,15-18,29,37H,1-3,8-12,24-25H2,(H,26,32)(H,27,34)(H,28,33)(H,30,31)(H,35,36). The van der Waals surface area contributed by atoms with E-state index in [0.29, 0.717) is 24.9 Å². The van der Waals surface area contributed by atoms with Crippen LogP contribution in [0.2, 0.25) is 0 Å². The van der Waals surface area contributed by atoms with Crippen molar-refractivity contribution in [2.75, 3.05) is 12.3 Å². The summed E-state index contributed by atoms with van der Waals surface area (Å²) in [6.45, 7) is 0.372. The number of phenolic OH excluding ortho intramolecular Hbond substituents is 1. The van der Waals surface area contributed by atoms with Crippen molar-refractivity contribution in [2.24, 2.45) is 11.5 Å². The van der Waals surface area contributed by atoms with E-state index in [1.807, 2.05) is 0 Å². The van der Waals surface area contributed by atoms with Crippen LogP contribution in [0.25, 0.3) is 0 Å². The highest BCUT2D eigenvalue weighted by atomic mass is 32.1. The molecule has 0 saturated heterocycles. The molecule has 0 aliphatic rings. The van der Waals surface area contributed by atoms with Crippen LogP contribution in [0.1, 0.15) is 37.7 Å². The molecule has 0 aliphatic heterocycles. The number of thiol groups is 1. The Morgan fingerprint density at radius 3 is 1.95 bits per heavy atom. The van der Waals surface area contributed by atoms with Crippen LogP contribution in [-0.2, 0) is 30.4 Å². The fraction of sp³-hybridized carbons (Fsp3) is 0.522. The Kier molecular flexibility index (Phi) is 14.0. The van der Waals surface area contributed by atoms with Crippen LogP contribution < -0.4 is 27.4 Å². The van der Waals surface area contributed by atoms with Gasteiger partial charge >= 0.3 is 11.9 Å². The molecule has 0 spiro atoms. The number of nitrogens with two attached hydrogens (primary N) is 2. The largest absolute Gasteiger partial charge is 0.508 e. The molecule has 0 aliphatic carbocycles. The lowest BCUT2D eigenvalue weighted by Gasteiger charge is -2.25. The first-order valence-electron chi connectivity index (χ1n) is 11.7. The van der Waals surface area contributed by atoms with Gasteiger partial charge < -0.3 is 42.7 Å². The first kappa shape index (κ1) is 31.7. The van der Waals surface area contributed by atoms with Crippen molar-refractivity contribution in [3.63, 3.8) is 0 Å². The number of rotatable bonds is 17. The lowest BCUT2D eigenvalue weighted by atomic mass is 10.0. The number of carbonyl (C=O) groups excluding carboxylic acids is 3. The highest BCUT2D eigenvalue weighted by Crippen LogP contribution is 2.12. The van der Waals surface area contributed by atoms with Crippen molar-refractivity contribution in [3.05, 3.63) is 29.8 Å². The number of benzene rings is 1. The SMILES string of the molecule is NCCCCC(NC(=O)C(N)CS)C(=O)NC(Cc1ccc(O)cc1)C(=O)NC(CCC(=O)O)C(=O)O. The van der Waals surface area contributed by atoms with E-state index in [9.17, 15) is 34.2 Å². The molecule has 4 atom stereocenters. The summed E-state index contributed by atoms with van der Waals surface area (Å²) in [4.78, 5) is 60.9. The number of unbranched alkanes of at least 4 members (excludes halogenated alkanes) is 1. The molecule has 0 aromatic heterocycles. The summed E-state index contributed by atoms with van der Waals surface area (Å²) in [5, 5.41) is 35.2. The van der Waals surface area contributed by atoms with Gasteiger partial charge in [-0.05, 0) is 49.9 Å². The number of aliphatic carboxylic acids is 2. The molecule has 37 heavy (non-hydrogen) atoms. The van der Waals surface area contributed by atoms with Gasteiger partial charge in [-0.1, -0.05) is 12.1 Å². The average molecular weight is 542 g/mol. The molecule has 0 radical (unpaired) electrons. The van der Waals surface area contributed by atoms with E-state index in [0.717, 1.165) is 0 Å². The van der Waals surface area contributed by atoms with Gasteiger partial charge in [-0.2, -0.15) is 12.6 Å². The molecule has 10 N–H and O–H groups in total. The lowest BCUT2D eigenvalue weighted by Crippen LogP contribution is -2.57. The fourth-order valence-electron chi connectivity index (χ4n) is 3.27. The van der Waals surface area contributed by atoms with Crippen LogP contribution >= 0.6 is 12.6 Å². The summed E-state index contributed by atoms with van der Waals surface area (Å²) in [6, 6.07) is 1.01. The number of phenols is 1. The molecule has 0 fully saturated rings. The Bertz CT molecular complexity index is 930. The number of nitrogens with one attached hydrogen (secondary N) is 3. The van der Waals surface area contributed by atoms with Gasteiger partial charge in [0.25, 0.3) is 0 Å². The summed E-state index contributed by atoms with van der Waals surface area (Å²) in [7, 11) is 0. The fourth-order valence-corrected chi connectivity index (χ4v) is 3.44. The van der Waals surface area contributed by atoms with Crippen molar-refractivity contribution in [3.8, 4) is 5.75 Å². The Balaban J connectivity index is 3.14. The van der Waals surface area contributed by atoms with Crippen LogP contribution in [0.4, 0.5) is 0 Å². The van der Waals surface area contributed by atoms with Gasteiger partial charge in [0.2, 0.25) is 17.7 Å². The van der Waals surface area contributed by atoms with Gasteiger partial charge in [0, 0.05) is 18.6 Å². The van der Waals surface area contributed by atoms with Crippen LogP contribution in [-0.4, -0.2) is 81.4 Å². The Morgan fingerprint density at radius 1 is 0.838 bits per heavy atom. The van der Waals surface area contributed by atoms with Gasteiger partial charge in [-0.3, -0.25) is 19.2 Å². The third-order valence-electron chi connectivity index (χ3n) is 5.38. The molecule has 4 unspecified atom stereocenters. The highest BCUT2D eigenvalue weighted by Gasteiger charge is 2.30. The zero-order valence-corrected chi connectivity index (χ0v) is 21.2. The monoisotopic (exact) mass is 541 g/mol. The Labute approximate surface area is 219 Å². The van der Waals surface area contributed by atoms with Gasteiger partial charge in [-0.25, -0.2) is 4.79 Å². The molecule has 14 heteroatoms. The second kappa shape index (κ2) is 16.4. The van der Waals surface area contributed by atoms with Crippen LogP contribution in [0, 0.1) is 0 Å². The predicted octanol–water partition coefficient (Wildman–Crippen LogP) is -1.28. The summed E-state index contributed by atoms with van der Waals surface area (Å²) in [6.07, 6.45) is 0.346. The van der Waals surface area contributed by atoms with E-state index in [4.69, 9.17) is 16.6 Å². The summed E-state index contributed by atoms with van der Waals surface area (Å²) in [5.41, 5.74) is 11.8. The van der Waals surface area contributed by atoms with E-state index >= 15 is 0 Å². The van der Waals surface area contributed by atoms with Crippen LogP contribution in [0.3, 0.4) is 0 Å². The second-order valence-corrected chi connectivity index (χ2v) is 8.76. The molecule has 1 rings (SSSR count). The van der Waals surface area contributed by atoms with Crippen LogP contribution in [0.15, 0.2) is 24.3 Å². The average Bonchev–Trinajstić information content (AvgIpc) is 2.85. The molecule has 0 heterocycles. The zero-order valence-electron chi connectivity index (χ0n) is 20.3. The van der Waals surface area contributed by atoms with Crippen molar-refractivity contribution < 1.29 is 39.3 Å². The molecule has 13 nitrogen and oxygen atoms in total. The topological polar surface area (TPSA) is 234 Å². The number of carbonyl (C=O) groups is 5. The van der Waals surface area contributed by atoms with Crippen LogP contribution in [0.5, 0.6) is 5.75 Å². The third-order valence-corrected chi connectivity index (χ3v) is 5.78. The van der Waals surface area contributed by atoms with Crippen molar-refractivity contribution in [1.29, 1.82) is 0 Å². The molecule has 206 valence electrons. The number of carboxylic acid groups (broad SMARTS) is 2. The third kappa shape index (κ3) is 11.9. The maximum atomic E-state index is 13.1. The number of hydrogen-bond acceptors (Lipinski definition) is 9. The molecule has 1 aromatic rings. The highest BCUT2D eigenvalue weighted by molar-refractivity contribution is 7.80. The van der Waals surface area contributed by atoms with E-state index in [1.165, 1.54) is 24.3 Å². The minimum Gasteiger partial charge on any atom is -0.508 e. The van der Waals surface area contributed by atoms with Crippen molar-refractivity contribution in [1.82, 2.24) is 16.0 Å². The molecular weight excluding hydrogens is 506 g/mol. The molecule has 3 amide bonds. The van der Waals surface area contributed by atoms with E-state index in [2.05, 4.69) is 28.6 Å². The molecule has 0 saturated carbocycles. The molecular formula is C23H35N5O8S. The predicted molar refractivity (Wildman–Crippen MR) is 137 cm³/mol. The molecule has 0 bridgehead atoms. The minimum absolute atomic E-state index is 0.0170. The van der Waals surface area contributed by atoms with Gasteiger partial charge in [-0.15, -0.1) is 0 Å².